The Bertz CT molecular complexity index is 590. The van der Waals surface area contributed by atoms with Crippen molar-refractivity contribution in [3.63, 3.8) is 0 Å². The molecular weight excluding hydrogens is 284 g/mol. The van der Waals surface area contributed by atoms with Gasteiger partial charge in [-0.1, -0.05) is 30.3 Å². The Morgan fingerprint density at radius 1 is 1.14 bits per heavy atom. The smallest absolute Gasteiger partial charge is 0.407 e. The fraction of sp³-hybridized carbons (Fsp3) is 0.312. The minimum atomic E-state index is -0.830. The van der Waals surface area contributed by atoms with E-state index in [9.17, 15) is 14.4 Å². The molecule has 1 heterocycles. The van der Waals surface area contributed by atoms with Crippen molar-refractivity contribution in [2.24, 2.45) is 0 Å². The van der Waals surface area contributed by atoms with Crippen LogP contribution in [0.2, 0.25) is 0 Å². The molecule has 0 spiro atoms. The average Bonchev–Trinajstić information content (AvgIpc) is 2.84. The van der Waals surface area contributed by atoms with Crippen LogP contribution in [-0.4, -0.2) is 34.9 Å². The molecule has 0 saturated carbocycles. The van der Waals surface area contributed by atoms with Crippen LogP contribution in [0.4, 0.5) is 4.79 Å². The molecule has 3 amide bonds. The maximum absolute atomic E-state index is 11.7. The summed E-state index contributed by atoms with van der Waals surface area (Å²) in [6.45, 7) is 3.68. The largest absolute Gasteiger partial charge is 0.445 e. The topological polar surface area (TPSA) is 75.7 Å². The number of ether oxygens (including phenoxy) is 1. The molecular formula is C16H18N2O4. The normalized spacial score (nSPS) is 14.4. The average molecular weight is 302 g/mol. The second-order valence-electron chi connectivity index (χ2n) is 5.57. The van der Waals surface area contributed by atoms with Crippen molar-refractivity contribution in [2.75, 3.05) is 6.54 Å². The number of carbonyl (C=O) groups excluding carboxylic acids is 3. The Kier molecular flexibility index (Phi) is 4.60. The summed E-state index contributed by atoms with van der Waals surface area (Å²) >= 11 is 0. The Balaban J connectivity index is 1.82. The van der Waals surface area contributed by atoms with Gasteiger partial charge in [-0.25, -0.2) is 4.79 Å². The number of imide groups is 1. The van der Waals surface area contributed by atoms with Crippen molar-refractivity contribution < 1.29 is 19.1 Å². The summed E-state index contributed by atoms with van der Waals surface area (Å²) in [5.41, 5.74) is 0.0506. The number of rotatable bonds is 5. The fourth-order valence-electron chi connectivity index (χ4n) is 2.14. The van der Waals surface area contributed by atoms with Gasteiger partial charge in [-0.2, -0.15) is 0 Å². The molecule has 0 aliphatic carbocycles. The molecule has 0 saturated heterocycles. The molecule has 22 heavy (non-hydrogen) atoms. The quantitative estimate of drug-likeness (QED) is 0.839. The van der Waals surface area contributed by atoms with Gasteiger partial charge >= 0.3 is 6.09 Å². The predicted octanol–water partition coefficient (Wildman–Crippen LogP) is 1.62. The number of nitrogens with one attached hydrogen (secondary N) is 1. The zero-order valence-electron chi connectivity index (χ0n) is 12.5. The highest BCUT2D eigenvalue weighted by atomic mass is 16.5. The summed E-state index contributed by atoms with van der Waals surface area (Å²) in [6.07, 6.45) is 1.85. The lowest BCUT2D eigenvalue weighted by molar-refractivity contribution is -0.142. The molecule has 1 aromatic carbocycles. The van der Waals surface area contributed by atoms with Crippen LogP contribution >= 0.6 is 0 Å². The van der Waals surface area contributed by atoms with E-state index < -0.39 is 11.6 Å². The van der Waals surface area contributed by atoms with E-state index in [2.05, 4.69) is 5.32 Å². The predicted molar refractivity (Wildman–Crippen MR) is 79.7 cm³/mol. The first-order valence-corrected chi connectivity index (χ1v) is 6.91. The Hall–Kier alpha value is -2.63. The minimum Gasteiger partial charge on any atom is -0.445 e. The summed E-state index contributed by atoms with van der Waals surface area (Å²) in [6, 6.07) is 9.30. The molecule has 0 bridgehead atoms. The van der Waals surface area contributed by atoms with Crippen molar-refractivity contribution >= 4 is 17.9 Å². The first kappa shape index (κ1) is 15.8. The highest BCUT2D eigenvalue weighted by molar-refractivity contribution is 6.13. The lowest BCUT2D eigenvalue weighted by Gasteiger charge is -2.33. The van der Waals surface area contributed by atoms with Crippen LogP contribution in [0.25, 0.3) is 0 Å². The lowest BCUT2D eigenvalue weighted by Crippen LogP contribution is -2.54. The van der Waals surface area contributed by atoms with E-state index in [1.54, 1.807) is 13.8 Å². The highest BCUT2D eigenvalue weighted by Crippen LogP contribution is 2.18. The molecule has 6 nitrogen and oxygen atoms in total. The monoisotopic (exact) mass is 302 g/mol. The standard InChI is InChI=1S/C16H18N2O4/c1-16(2,18-13(19)8-9-14(18)20)11-17-15(21)22-10-12-6-4-3-5-7-12/h3-9H,10-11H2,1-2H3,(H,17,21). The molecule has 116 valence electrons. The van der Waals surface area contributed by atoms with Crippen molar-refractivity contribution in [1.29, 1.82) is 0 Å². The number of nitrogens with zero attached hydrogens (tertiary/aromatic N) is 1. The van der Waals surface area contributed by atoms with Gasteiger partial charge in [0.2, 0.25) is 0 Å². The maximum atomic E-state index is 11.7. The van der Waals surface area contributed by atoms with Gasteiger partial charge in [-0.3, -0.25) is 14.5 Å². The number of carbonyl (C=O) groups is 3. The number of amides is 3. The summed E-state index contributed by atoms with van der Waals surface area (Å²) in [4.78, 5) is 36.1. The molecule has 0 radical (unpaired) electrons. The number of alkyl carbamates (subject to hydrolysis) is 1. The third-order valence-electron chi connectivity index (χ3n) is 3.29. The van der Waals surface area contributed by atoms with Crippen molar-refractivity contribution in [3.8, 4) is 0 Å². The first-order chi connectivity index (χ1) is 10.4. The number of benzene rings is 1. The summed E-state index contributed by atoms with van der Waals surface area (Å²) < 4.78 is 5.09. The molecule has 1 aliphatic heterocycles. The van der Waals surface area contributed by atoms with Crippen LogP contribution in [0.3, 0.4) is 0 Å². The van der Waals surface area contributed by atoms with Crippen LogP contribution in [-0.2, 0) is 20.9 Å². The third kappa shape index (κ3) is 3.72. The van der Waals surface area contributed by atoms with Crippen molar-refractivity contribution in [3.05, 3.63) is 48.0 Å². The van der Waals surface area contributed by atoms with E-state index in [0.29, 0.717) is 0 Å². The van der Waals surface area contributed by atoms with Gasteiger partial charge in [-0.05, 0) is 19.4 Å². The SMILES string of the molecule is CC(C)(CNC(=O)OCc1ccccc1)N1C(=O)C=CC1=O. The molecule has 1 aromatic rings. The number of hydrogen-bond donors (Lipinski definition) is 1. The van der Waals surface area contributed by atoms with E-state index in [0.717, 1.165) is 10.5 Å². The van der Waals surface area contributed by atoms with Gasteiger partial charge in [-0.15, -0.1) is 0 Å². The van der Waals surface area contributed by atoms with Crippen LogP contribution in [0.15, 0.2) is 42.5 Å². The van der Waals surface area contributed by atoms with Gasteiger partial charge in [0.05, 0.1) is 5.54 Å². The van der Waals surface area contributed by atoms with Crippen molar-refractivity contribution in [2.45, 2.75) is 26.0 Å². The van der Waals surface area contributed by atoms with E-state index in [-0.39, 0.29) is 25.0 Å². The second kappa shape index (κ2) is 6.43. The number of hydrogen-bond acceptors (Lipinski definition) is 4. The van der Waals surface area contributed by atoms with Gasteiger partial charge < -0.3 is 10.1 Å². The van der Waals surface area contributed by atoms with E-state index in [4.69, 9.17) is 4.74 Å². The molecule has 1 aliphatic rings. The van der Waals surface area contributed by atoms with Gasteiger partial charge in [0.1, 0.15) is 6.61 Å². The maximum Gasteiger partial charge on any atom is 0.407 e. The Morgan fingerprint density at radius 3 is 2.32 bits per heavy atom. The van der Waals surface area contributed by atoms with Crippen LogP contribution in [0.5, 0.6) is 0 Å². The molecule has 6 heteroatoms. The van der Waals surface area contributed by atoms with Gasteiger partial charge in [0, 0.05) is 18.7 Å². The zero-order chi connectivity index (χ0) is 16.2. The van der Waals surface area contributed by atoms with Crippen molar-refractivity contribution in [1.82, 2.24) is 10.2 Å². The van der Waals surface area contributed by atoms with Gasteiger partial charge in [0.15, 0.2) is 0 Å². The zero-order valence-corrected chi connectivity index (χ0v) is 12.5. The fourth-order valence-corrected chi connectivity index (χ4v) is 2.14. The Labute approximate surface area is 128 Å². The molecule has 0 fully saturated rings. The summed E-state index contributed by atoms with van der Waals surface area (Å²) in [5.74, 6) is -0.760. The molecule has 0 aromatic heterocycles. The molecule has 0 unspecified atom stereocenters. The van der Waals surface area contributed by atoms with Crippen LogP contribution in [0, 0.1) is 0 Å². The summed E-state index contributed by atoms with van der Waals surface area (Å²) in [7, 11) is 0. The third-order valence-corrected chi connectivity index (χ3v) is 3.29. The highest BCUT2D eigenvalue weighted by Gasteiger charge is 2.37. The van der Waals surface area contributed by atoms with E-state index in [1.807, 2.05) is 30.3 Å². The summed E-state index contributed by atoms with van der Waals surface area (Å²) in [5, 5.41) is 2.58. The van der Waals surface area contributed by atoms with E-state index in [1.165, 1.54) is 12.2 Å². The van der Waals surface area contributed by atoms with Crippen LogP contribution < -0.4 is 5.32 Å². The van der Waals surface area contributed by atoms with E-state index >= 15 is 0 Å². The van der Waals surface area contributed by atoms with Gasteiger partial charge in [0.25, 0.3) is 11.8 Å². The second-order valence-corrected chi connectivity index (χ2v) is 5.57. The minimum absolute atomic E-state index is 0.111. The molecule has 2 rings (SSSR count). The Morgan fingerprint density at radius 2 is 1.73 bits per heavy atom. The van der Waals surface area contributed by atoms with Crippen LogP contribution in [0.1, 0.15) is 19.4 Å². The molecule has 1 N–H and O–H groups in total. The first-order valence-electron chi connectivity index (χ1n) is 6.91. The lowest BCUT2D eigenvalue weighted by atomic mass is 10.0. The molecule has 0 atom stereocenters.